The van der Waals surface area contributed by atoms with Crippen LogP contribution >= 0.6 is 12.2 Å². The molecule has 1 aliphatic rings. The molecule has 0 aromatic rings. The maximum atomic E-state index is 5.65. The van der Waals surface area contributed by atoms with Crippen LogP contribution in [0.3, 0.4) is 0 Å². The molecule has 0 saturated heterocycles. The Labute approximate surface area is 99.2 Å². The van der Waals surface area contributed by atoms with Crippen molar-refractivity contribution in [1.82, 2.24) is 4.90 Å². The van der Waals surface area contributed by atoms with E-state index >= 15 is 0 Å². The summed E-state index contributed by atoms with van der Waals surface area (Å²) >= 11 is 5.02. The first-order valence-electron chi connectivity index (χ1n) is 5.81. The summed E-state index contributed by atoms with van der Waals surface area (Å²) in [5.41, 5.74) is 6.34. The maximum absolute atomic E-state index is 5.65. The van der Waals surface area contributed by atoms with Crippen LogP contribution in [-0.2, 0) is 0 Å². The van der Waals surface area contributed by atoms with E-state index in [1.165, 1.54) is 19.3 Å². The number of thiocarbonyl (C=S) groups is 1. The minimum atomic E-state index is 0.284. The topological polar surface area (TPSA) is 29.3 Å². The normalized spacial score (nSPS) is 19.3. The van der Waals surface area contributed by atoms with E-state index in [2.05, 4.69) is 32.7 Å². The SMILES string of the molecule is CCC(C)(C)N(C)CC1(CC(N)=S)CC1. The highest BCUT2D eigenvalue weighted by Gasteiger charge is 2.45. The van der Waals surface area contributed by atoms with Gasteiger partial charge in [-0.25, -0.2) is 0 Å². The quantitative estimate of drug-likeness (QED) is 0.709. The molecule has 15 heavy (non-hydrogen) atoms. The van der Waals surface area contributed by atoms with Crippen LogP contribution in [0.15, 0.2) is 0 Å². The Morgan fingerprint density at radius 1 is 1.47 bits per heavy atom. The molecule has 0 aromatic carbocycles. The van der Waals surface area contributed by atoms with Gasteiger partial charge in [0.05, 0.1) is 4.99 Å². The lowest BCUT2D eigenvalue weighted by molar-refractivity contribution is 0.122. The van der Waals surface area contributed by atoms with Gasteiger partial charge in [0, 0.05) is 18.5 Å². The van der Waals surface area contributed by atoms with Gasteiger partial charge in [0.25, 0.3) is 0 Å². The van der Waals surface area contributed by atoms with Gasteiger partial charge in [0.1, 0.15) is 0 Å². The van der Waals surface area contributed by atoms with Gasteiger partial charge in [-0.05, 0) is 45.6 Å². The third kappa shape index (κ3) is 3.42. The largest absolute Gasteiger partial charge is 0.393 e. The zero-order valence-electron chi connectivity index (χ0n) is 10.5. The fourth-order valence-corrected chi connectivity index (χ4v) is 2.23. The van der Waals surface area contributed by atoms with E-state index in [1.807, 2.05) is 0 Å². The van der Waals surface area contributed by atoms with Crippen molar-refractivity contribution in [3.05, 3.63) is 0 Å². The summed E-state index contributed by atoms with van der Waals surface area (Å²) in [6, 6.07) is 0. The highest BCUT2D eigenvalue weighted by molar-refractivity contribution is 7.80. The zero-order chi connectivity index (χ0) is 11.7. The molecule has 88 valence electrons. The molecule has 1 rings (SSSR count). The number of nitrogens with two attached hydrogens (primary N) is 1. The number of rotatable bonds is 6. The maximum Gasteiger partial charge on any atom is 0.0733 e. The first-order chi connectivity index (χ1) is 6.81. The first kappa shape index (κ1) is 12.9. The van der Waals surface area contributed by atoms with Gasteiger partial charge in [0.2, 0.25) is 0 Å². The molecule has 1 saturated carbocycles. The highest BCUT2D eigenvalue weighted by atomic mass is 32.1. The van der Waals surface area contributed by atoms with E-state index in [1.54, 1.807) is 0 Å². The second kappa shape index (κ2) is 4.38. The van der Waals surface area contributed by atoms with Crippen molar-refractivity contribution in [2.24, 2.45) is 11.1 Å². The molecule has 0 atom stereocenters. The minimum Gasteiger partial charge on any atom is -0.393 e. The van der Waals surface area contributed by atoms with Crippen molar-refractivity contribution < 1.29 is 0 Å². The van der Waals surface area contributed by atoms with Crippen LogP contribution in [0.2, 0.25) is 0 Å². The summed E-state index contributed by atoms with van der Waals surface area (Å²) in [4.78, 5) is 3.13. The van der Waals surface area contributed by atoms with Crippen LogP contribution < -0.4 is 5.73 Å². The minimum absolute atomic E-state index is 0.284. The average Bonchev–Trinajstić information content (AvgIpc) is 2.83. The third-order valence-corrected chi connectivity index (χ3v) is 4.12. The monoisotopic (exact) mass is 228 g/mol. The lowest BCUT2D eigenvalue weighted by Gasteiger charge is -2.37. The molecule has 0 unspecified atom stereocenters. The molecular formula is C12H24N2S. The second-order valence-corrected chi connectivity index (χ2v) is 6.19. The van der Waals surface area contributed by atoms with Crippen LogP contribution in [0, 0.1) is 5.41 Å². The fraction of sp³-hybridized carbons (Fsp3) is 0.917. The van der Waals surface area contributed by atoms with E-state index in [-0.39, 0.29) is 5.54 Å². The van der Waals surface area contributed by atoms with Gasteiger partial charge >= 0.3 is 0 Å². The molecule has 1 fully saturated rings. The van der Waals surface area contributed by atoms with E-state index < -0.39 is 0 Å². The highest BCUT2D eigenvalue weighted by Crippen LogP contribution is 2.50. The summed E-state index contributed by atoms with van der Waals surface area (Å²) in [6.07, 6.45) is 4.67. The van der Waals surface area contributed by atoms with Crippen LogP contribution in [0.4, 0.5) is 0 Å². The Balaban J connectivity index is 2.51. The second-order valence-electron chi connectivity index (χ2n) is 5.67. The van der Waals surface area contributed by atoms with E-state index in [4.69, 9.17) is 18.0 Å². The van der Waals surface area contributed by atoms with Crippen LogP contribution in [0.5, 0.6) is 0 Å². The third-order valence-electron chi connectivity index (χ3n) is 3.98. The van der Waals surface area contributed by atoms with Gasteiger partial charge in [-0.1, -0.05) is 19.1 Å². The van der Waals surface area contributed by atoms with Crippen molar-refractivity contribution in [2.75, 3.05) is 13.6 Å². The number of nitrogens with zero attached hydrogens (tertiary/aromatic N) is 1. The lowest BCUT2D eigenvalue weighted by Crippen LogP contribution is -2.44. The molecule has 3 heteroatoms. The summed E-state index contributed by atoms with van der Waals surface area (Å²) in [5, 5.41) is 0. The molecule has 1 aliphatic carbocycles. The molecule has 0 bridgehead atoms. The van der Waals surface area contributed by atoms with Crippen molar-refractivity contribution in [3.63, 3.8) is 0 Å². The summed E-state index contributed by atoms with van der Waals surface area (Å²) < 4.78 is 0. The van der Waals surface area contributed by atoms with Gasteiger partial charge in [-0.3, -0.25) is 0 Å². The molecule has 0 heterocycles. The molecule has 2 N–H and O–H groups in total. The Morgan fingerprint density at radius 3 is 2.33 bits per heavy atom. The van der Waals surface area contributed by atoms with Crippen LogP contribution in [-0.4, -0.2) is 29.0 Å². The number of hydrogen-bond acceptors (Lipinski definition) is 2. The van der Waals surface area contributed by atoms with Gasteiger partial charge < -0.3 is 10.6 Å². The van der Waals surface area contributed by atoms with Crippen LogP contribution in [0.25, 0.3) is 0 Å². The summed E-state index contributed by atoms with van der Waals surface area (Å²) in [5.74, 6) is 0. The molecular weight excluding hydrogens is 204 g/mol. The molecule has 0 amide bonds. The predicted molar refractivity (Wildman–Crippen MR) is 70.1 cm³/mol. The lowest BCUT2D eigenvalue weighted by atomic mass is 9.95. The van der Waals surface area contributed by atoms with Crippen LogP contribution in [0.1, 0.15) is 46.5 Å². The molecule has 0 aromatic heterocycles. The molecule has 2 nitrogen and oxygen atoms in total. The molecule has 0 aliphatic heterocycles. The Hall–Kier alpha value is -0.150. The first-order valence-corrected chi connectivity index (χ1v) is 6.22. The smallest absolute Gasteiger partial charge is 0.0733 e. The predicted octanol–water partition coefficient (Wildman–Crippen LogP) is 2.56. The van der Waals surface area contributed by atoms with Gasteiger partial charge in [-0.2, -0.15) is 0 Å². The zero-order valence-corrected chi connectivity index (χ0v) is 11.3. The molecule has 0 radical (unpaired) electrons. The van der Waals surface area contributed by atoms with Crippen molar-refractivity contribution in [2.45, 2.75) is 52.0 Å². The fourth-order valence-electron chi connectivity index (χ4n) is 1.92. The Kier molecular flexibility index (Phi) is 3.77. The summed E-state index contributed by atoms with van der Waals surface area (Å²) in [7, 11) is 2.21. The summed E-state index contributed by atoms with van der Waals surface area (Å²) in [6.45, 7) is 7.96. The molecule has 0 spiro atoms. The van der Waals surface area contributed by atoms with Gasteiger partial charge in [0.15, 0.2) is 0 Å². The Bertz CT molecular complexity index is 244. The number of hydrogen-bond donors (Lipinski definition) is 1. The van der Waals surface area contributed by atoms with E-state index in [9.17, 15) is 0 Å². The van der Waals surface area contributed by atoms with E-state index in [0.29, 0.717) is 10.4 Å². The Morgan fingerprint density at radius 2 is 2.00 bits per heavy atom. The average molecular weight is 228 g/mol. The van der Waals surface area contributed by atoms with Gasteiger partial charge in [-0.15, -0.1) is 0 Å². The standard InChI is InChI=1S/C12H24N2S/c1-5-11(2,3)14(4)9-12(6-7-12)8-10(13)15/h5-9H2,1-4H3,(H2,13,15). The van der Waals surface area contributed by atoms with Crippen molar-refractivity contribution >= 4 is 17.2 Å². The van der Waals surface area contributed by atoms with E-state index in [0.717, 1.165) is 13.0 Å². The van der Waals surface area contributed by atoms with Crippen molar-refractivity contribution in [3.8, 4) is 0 Å². The van der Waals surface area contributed by atoms with Crippen molar-refractivity contribution in [1.29, 1.82) is 0 Å².